The molecule has 98 valence electrons. The van der Waals surface area contributed by atoms with Gasteiger partial charge in [-0.3, -0.25) is 4.79 Å². The van der Waals surface area contributed by atoms with Crippen LogP contribution in [0.2, 0.25) is 5.02 Å². The van der Waals surface area contributed by atoms with E-state index in [9.17, 15) is 22.8 Å². The first-order valence-electron chi connectivity index (χ1n) is 4.85. The third-order valence-corrected chi connectivity index (χ3v) is 2.17. The number of ketones is 1. The molecule has 1 aromatic rings. The van der Waals surface area contributed by atoms with Gasteiger partial charge in [-0.1, -0.05) is 11.6 Å². The van der Waals surface area contributed by atoms with Gasteiger partial charge in [-0.2, -0.15) is 13.2 Å². The van der Waals surface area contributed by atoms with E-state index < -0.39 is 29.1 Å². The van der Waals surface area contributed by atoms with Gasteiger partial charge in [0.1, 0.15) is 0 Å². The largest absolute Gasteiger partial charge is 0.460 e. The van der Waals surface area contributed by atoms with Gasteiger partial charge in [0.25, 0.3) is 5.78 Å². The maximum absolute atomic E-state index is 12.5. The molecule has 1 rings (SSSR count). The van der Waals surface area contributed by atoms with Crippen LogP contribution >= 0.6 is 11.6 Å². The predicted octanol–water partition coefficient (Wildman–Crippen LogP) is 3.10. The Morgan fingerprint density at radius 2 is 1.89 bits per heavy atom. The maximum Gasteiger partial charge on any atom is 0.416 e. The lowest BCUT2D eigenvalue weighted by molar-refractivity contribution is -0.138. The second-order valence-electron chi connectivity index (χ2n) is 3.28. The number of hydrogen-bond donors (Lipinski definition) is 0. The Balaban J connectivity index is 3.14. The van der Waals surface area contributed by atoms with Gasteiger partial charge in [0.05, 0.1) is 12.2 Å². The Morgan fingerprint density at radius 3 is 2.39 bits per heavy atom. The molecule has 0 aliphatic rings. The molecule has 0 bridgehead atoms. The van der Waals surface area contributed by atoms with E-state index in [0.29, 0.717) is 12.1 Å². The lowest BCUT2D eigenvalue weighted by atomic mass is 10.1. The summed E-state index contributed by atoms with van der Waals surface area (Å²) in [5.41, 5.74) is -1.55. The zero-order valence-electron chi connectivity index (χ0n) is 9.18. The summed E-state index contributed by atoms with van der Waals surface area (Å²) in [6.45, 7) is 1.43. The molecule has 18 heavy (non-hydrogen) atoms. The Kier molecular flexibility index (Phi) is 4.34. The molecule has 0 radical (unpaired) electrons. The van der Waals surface area contributed by atoms with Gasteiger partial charge in [-0.25, -0.2) is 4.79 Å². The van der Waals surface area contributed by atoms with Crippen LogP contribution in [0.5, 0.6) is 0 Å². The maximum atomic E-state index is 12.5. The van der Waals surface area contributed by atoms with Crippen molar-refractivity contribution in [3.8, 4) is 0 Å². The molecular weight excluding hydrogens is 273 g/mol. The number of carbonyl (C=O) groups is 2. The summed E-state index contributed by atoms with van der Waals surface area (Å²) >= 11 is 5.48. The van der Waals surface area contributed by atoms with E-state index in [1.54, 1.807) is 0 Å². The normalized spacial score (nSPS) is 11.2. The Morgan fingerprint density at radius 1 is 1.28 bits per heavy atom. The van der Waals surface area contributed by atoms with E-state index in [0.717, 1.165) is 6.07 Å². The van der Waals surface area contributed by atoms with Crippen molar-refractivity contribution in [1.29, 1.82) is 0 Å². The molecular formula is C11H8ClF3O3. The number of hydrogen-bond acceptors (Lipinski definition) is 3. The molecule has 0 heterocycles. The van der Waals surface area contributed by atoms with E-state index in [1.165, 1.54) is 6.92 Å². The highest BCUT2D eigenvalue weighted by Crippen LogP contribution is 2.32. The first kappa shape index (κ1) is 14.5. The number of ether oxygens (including phenoxy) is 1. The van der Waals surface area contributed by atoms with Gasteiger partial charge in [-0.05, 0) is 25.1 Å². The Labute approximate surface area is 105 Å². The van der Waals surface area contributed by atoms with Crippen LogP contribution in [0.15, 0.2) is 18.2 Å². The third-order valence-electron chi connectivity index (χ3n) is 1.95. The summed E-state index contributed by atoms with van der Waals surface area (Å²) in [6, 6.07) is 2.21. The molecule has 0 fully saturated rings. The monoisotopic (exact) mass is 280 g/mol. The standard InChI is InChI=1S/C11H8ClF3O3/c1-2-18-10(17)9(16)6-3-7(11(13,14)15)5-8(12)4-6/h3-5H,2H2,1H3. The van der Waals surface area contributed by atoms with E-state index in [-0.39, 0.29) is 11.6 Å². The second kappa shape index (κ2) is 5.39. The number of rotatable bonds is 3. The highest BCUT2D eigenvalue weighted by atomic mass is 35.5. The van der Waals surface area contributed by atoms with Gasteiger partial charge in [0.2, 0.25) is 0 Å². The van der Waals surface area contributed by atoms with Crippen LogP contribution in [-0.2, 0) is 15.7 Å². The first-order chi connectivity index (χ1) is 8.25. The van der Waals surface area contributed by atoms with Crippen LogP contribution in [0.25, 0.3) is 0 Å². The fourth-order valence-electron chi connectivity index (χ4n) is 1.20. The molecule has 0 saturated carbocycles. The minimum absolute atomic E-state index is 0.0444. The van der Waals surface area contributed by atoms with E-state index in [4.69, 9.17) is 11.6 Å². The van der Waals surface area contributed by atoms with Crippen molar-refractivity contribution in [1.82, 2.24) is 0 Å². The van der Waals surface area contributed by atoms with Crippen molar-refractivity contribution in [3.63, 3.8) is 0 Å². The van der Waals surface area contributed by atoms with Crippen LogP contribution < -0.4 is 0 Å². The third kappa shape index (κ3) is 3.46. The number of esters is 1. The minimum Gasteiger partial charge on any atom is -0.460 e. The number of halogens is 4. The predicted molar refractivity (Wildman–Crippen MR) is 57.4 cm³/mol. The second-order valence-corrected chi connectivity index (χ2v) is 3.71. The average Bonchev–Trinajstić information content (AvgIpc) is 2.26. The average molecular weight is 281 g/mol. The lowest BCUT2D eigenvalue weighted by Gasteiger charge is -2.09. The number of alkyl halides is 3. The molecule has 0 amide bonds. The summed E-state index contributed by atoms with van der Waals surface area (Å²) in [7, 11) is 0. The van der Waals surface area contributed by atoms with E-state index in [1.807, 2.05) is 0 Å². The Hall–Kier alpha value is -1.56. The van der Waals surface area contributed by atoms with Gasteiger partial charge in [0.15, 0.2) is 0 Å². The molecule has 0 aromatic heterocycles. The number of Topliss-reactive ketones (excluding diaryl/α,β-unsaturated/α-hetero) is 1. The summed E-state index contributed by atoms with van der Waals surface area (Å²) in [4.78, 5) is 22.6. The van der Waals surface area contributed by atoms with Gasteiger partial charge in [0, 0.05) is 10.6 Å². The van der Waals surface area contributed by atoms with Crippen molar-refractivity contribution in [2.24, 2.45) is 0 Å². The van der Waals surface area contributed by atoms with E-state index in [2.05, 4.69) is 4.74 Å². The van der Waals surface area contributed by atoms with Crippen LogP contribution in [0.3, 0.4) is 0 Å². The minimum atomic E-state index is -4.64. The van der Waals surface area contributed by atoms with Crippen LogP contribution in [0, 0.1) is 0 Å². The zero-order valence-corrected chi connectivity index (χ0v) is 9.93. The summed E-state index contributed by atoms with van der Waals surface area (Å²) in [6.07, 6.45) is -4.64. The number of carbonyl (C=O) groups excluding carboxylic acids is 2. The van der Waals surface area contributed by atoms with Crippen molar-refractivity contribution in [2.45, 2.75) is 13.1 Å². The molecule has 0 aliphatic carbocycles. The molecule has 0 spiro atoms. The number of benzene rings is 1. The summed E-state index contributed by atoms with van der Waals surface area (Å²) in [5, 5.41) is -0.280. The highest BCUT2D eigenvalue weighted by molar-refractivity contribution is 6.41. The van der Waals surface area contributed by atoms with Gasteiger partial charge >= 0.3 is 12.1 Å². The SMILES string of the molecule is CCOC(=O)C(=O)c1cc(Cl)cc(C(F)(F)F)c1. The zero-order chi connectivity index (χ0) is 13.9. The van der Waals surface area contributed by atoms with E-state index >= 15 is 0 Å². The fraction of sp³-hybridized carbons (Fsp3) is 0.273. The Bertz CT molecular complexity index is 483. The molecule has 0 N–H and O–H groups in total. The quantitative estimate of drug-likeness (QED) is 0.485. The fourth-order valence-corrected chi connectivity index (χ4v) is 1.43. The molecule has 1 aromatic carbocycles. The molecule has 7 heteroatoms. The van der Waals surface area contributed by atoms with Crippen LogP contribution in [0.4, 0.5) is 13.2 Å². The topological polar surface area (TPSA) is 43.4 Å². The van der Waals surface area contributed by atoms with Crippen molar-refractivity contribution in [2.75, 3.05) is 6.61 Å². The summed E-state index contributed by atoms with van der Waals surface area (Å²) < 4.78 is 41.8. The lowest BCUT2D eigenvalue weighted by Crippen LogP contribution is -2.18. The molecule has 0 unspecified atom stereocenters. The molecule has 3 nitrogen and oxygen atoms in total. The molecule has 0 atom stereocenters. The molecule has 0 saturated heterocycles. The van der Waals surface area contributed by atoms with Crippen LogP contribution in [-0.4, -0.2) is 18.4 Å². The first-order valence-corrected chi connectivity index (χ1v) is 5.22. The summed E-state index contributed by atoms with van der Waals surface area (Å²) in [5.74, 6) is -2.38. The van der Waals surface area contributed by atoms with Crippen molar-refractivity contribution < 1.29 is 27.5 Å². The van der Waals surface area contributed by atoms with Gasteiger partial charge < -0.3 is 4.74 Å². The smallest absolute Gasteiger partial charge is 0.416 e. The van der Waals surface area contributed by atoms with Crippen molar-refractivity contribution >= 4 is 23.4 Å². The highest BCUT2D eigenvalue weighted by Gasteiger charge is 2.32. The van der Waals surface area contributed by atoms with Crippen LogP contribution in [0.1, 0.15) is 22.8 Å². The van der Waals surface area contributed by atoms with Crippen molar-refractivity contribution in [3.05, 3.63) is 34.3 Å². The molecule has 0 aliphatic heterocycles. The van der Waals surface area contributed by atoms with Gasteiger partial charge in [-0.15, -0.1) is 0 Å².